The summed E-state index contributed by atoms with van der Waals surface area (Å²) < 4.78 is 13.1. The molecular weight excluding hydrogens is 384 g/mol. The van der Waals surface area contributed by atoms with Gasteiger partial charge in [-0.05, 0) is 36.7 Å². The van der Waals surface area contributed by atoms with Crippen molar-refractivity contribution in [3.8, 4) is 11.5 Å². The molecular formula is C20H23BrO4. The summed E-state index contributed by atoms with van der Waals surface area (Å²) >= 11 is 3.67. The molecule has 0 spiro atoms. The van der Waals surface area contributed by atoms with Gasteiger partial charge in [0, 0.05) is 26.4 Å². The summed E-state index contributed by atoms with van der Waals surface area (Å²) in [5.41, 5.74) is 2.59. The van der Waals surface area contributed by atoms with Gasteiger partial charge in [0.05, 0.1) is 13.2 Å². The lowest BCUT2D eigenvalue weighted by Gasteiger charge is -2.30. The SMILES string of the molecule is CC12CCC(C1)c1c2c(OCCO)c2cccc(Br)c2c1OCCO. The Morgan fingerprint density at radius 2 is 1.88 bits per heavy atom. The molecule has 0 aliphatic heterocycles. The summed E-state index contributed by atoms with van der Waals surface area (Å²) in [6.45, 7) is 2.86. The highest BCUT2D eigenvalue weighted by Gasteiger charge is 2.50. The van der Waals surface area contributed by atoms with E-state index in [0.717, 1.165) is 46.0 Å². The van der Waals surface area contributed by atoms with Crippen molar-refractivity contribution in [2.45, 2.75) is 37.5 Å². The van der Waals surface area contributed by atoms with E-state index < -0.39 is 0 Å². The number of aliphatic hydroxyl groups is 2. The molecule has 0 saturated heterocycles. The number of fused-ring (bicyclic) bond motifs is 6. The molecule has 2 atom stereocenters. The first-order valence-corrected chi connectivity index (χ1v) is 9.66. The van der Waals surface area contributed by atoms with E-state index in [2.05, 4.69) is 22.9 Å². The van der Waals surface area contributed by atoms with Crippen molar-refractivity contribution in [3.05, 3.63) is 33.8 Å². The molecule has 1 saturated carbocycles. The van der Waals surface area contributed by atoms with Gasteiger partial charge >= 0.3 is 0 Å². The molecule has 2 bridgehead atoms. The Morgan fingerprint density at radius 1 is 1.16 bits per heavy atom. The van der Waals surface area contributed by atoms with Gasteiger partial charge in [0.25, 0.3) is 0 Å². The Labute approximate surface area is 155 Å². The Balaban J connectivity index is 2.05. The Hall–Kier alpha value is -1.30. The zero-order valence-electron chi connectivity index (χ0n) is 14.3. The third kappa shape index (κ3) is 2.56. The third-order valence-electron chi connectivity index (χ3n) is 5.65. The minimum Gasteiger partial charge on any atom is -0.490 e. The fraction of sp³-hybridized carbons (Fsp3) is 0.500. The van der Waals surface area contributed by atoms with Crippen LogP contribution in [0.2, 0.25) is 0 Å². The van der Waals surface area contributed by atoms with E-state index >= 15 is 0 Å². The number of ether oxygens (including phenoxy) is 2. The van der Waals surface area contributed by atoms with Gasteiger partial charge in [-0.15, -0.1) is 0 Å². The van der Waals surface area contributed by atoms with Gasteiger partial charge in [-0.2, -0.15) is 0 Å². The van der Waals surface area contributed by atoms with Crippen LogP contribution in [0.25, 0.3) is 10.8 Å². The number of hydrogen-bond donors (Lipinski definition) is 2. The quantitative estimate of drug-likeness (QED) is 0.763. The molecule has 2 N–H and O–H groups in total. The minimum absolute atomic E-state index is 0.00677. The van der Waals surface area contributed by atoms with Crippen LogP contribution >= 0.6 is 15.9 Å². The average molecular weight is 407 g/mol. The maximum absolute atomic E-state index is 9.28. The van der Waals surface area contributed by atoms with Crippen LogP contribution in [0.15, 0.2) is 22.7 Å². The summed E-state index contributed by atoms with van der Waals surface area (Å²) in [4.78, 5) is 0. The van der Waals surface area contributed by atoms with Crippen molar-refractivity contribution < 1.29 is 19.7 Å². The molecule has 1 fully saturated rings. The predicted molar refractivity (Wildman–Crippen MR) is 101 cm³/mol. The van der Waals surface area contributed by atoms with Crippen LogP contribution in [0.3, 0.4) is 0 Å². The maximum Gasteiger partial charge on any atom is 0.132 e. The largest absolute Gasteiger partial charge is 0.490 e. The van der Waals surface area contributed by atoms with E-state index in [9.17, 15) is 10.2 Å². The summed E-state index contributed by atoms with van der Waals surface area (Å²) in [6.07, 6.45) is 3.43. The lowest BCUT2D eigenvalue weighted by Crippen LogP contribution is -2.19. The maximum atomic E-state index is 9.28. The number of rotatable bonds is 6. The van der Waals surface area contributed by atoms with E-state index in [4.69, 9.17) is 9.47 Å². The van der Waals surface area contributed by atoms with Gasteiger partial charge in [0.1, 0.15) is 24.7 Å². The van der Waals surface area contributed by atoms with Crippen molar-refractivity contribution >= 4 is 26.7 Å². The first kappa shape index (κ1) is 17.1. The summed E-state index contributed by atoms with van der Waals surface area (Å²) in [5, 5.41) is 20.6. The van der Waals surface area contributed by atoms with Gasteiger partial charge in [-0.25, -0.2) is 0 Å². The normalized spacial score (nSPS) is 23.9. The number of halogens is 1. The second kappa shape index (κ2) is 6.45. The van der Waals surface area contributed by atoms with E-state index in [0.29, 0.717) is 5.92 Å². The predicted octanol–water partition coefficient (Wildman–Crippen LogP) is 3.88. The Kier molecular flexibility index (Phi) is 4.42. The summed E-state index contributed by atoms with van der Waals surface area (Å²) in [5.74, 6) is 2.25. The Bertz CT molecular complexity index is 819. The highest BCUT2D eigenvalue weighted by atomic mass is 79.9. The molecule has 5 heteroatoms. The molecule has 2 aliphatic carbocycles. The monoisotopic (exact) mass is 406 g/mol. The van der Waals surface area contributed by atoms with Gasteiger partial charge in [-0.1, -0.05) is 35.0 Å². The molecule has 0 aromatic heterocycles. The third-order valence-corrected chi connectivity index (χ3v) is 6.32. The molecule has 25 heavy (non-hydrogen) atoms. The molecule has 2 aliphatic rings. The Morgan fingerprint density at radius 3 is 2.60 bits per heavy atom. The lowest BCUT2D eigenvalue weighted by atomic mass is 9.78. The van der Waals surface area contributed by atoms with Gasteiger partial charge < -0.3 is 19.7 Å². The smallest absolute Gasteiger partial charge is 0.132 e. The highest BCUT2D eigenvalue weighted by molar-refractivity contribution is 9.10. The molecule has 0 radical (unpaired) electrons. The van der Waals surface area contributed by atoms with Gasteiger partial charge in [0.15, 0.2) is 0 Å². The zero-order valence-corrected chi connectivity index (χ0v) is 15.9. The molecule has 2 unspecified atom stereocenters. The number of aliphatic hydroxyl groups excluding tert-OH is 2. The topological polar surface area (TPSA) is 58.9 Å². The molecule has 134 valence electrons. The van der Waals surface area contributed by atoms with Crippen LogP contribution in [-0.2, 0) is 5.41 Å². The van der Waals surface area contributed by atoms with Crippen LogP contribution in [0.5, 0.6) is 11.5 Å². The minimum atomic E-state index is -0.00851. The molecule has 0 heterocycles. The van der Waals surface area contributed by atoms with Crippen molar-refractivity contribution in [2.24, 2.45) is 0 Å². The fourth-order valence-electron chi connectivity index (χ4n) is 4.75. The van der Waals surface area contributed by atoms with Gasteiger partial charge in [0.2, 0.25) is 0 Å². The zero-order chi connectivity index (χ0) is 17.6. The van der Waals surface area contributed by atoms with Crippen molar-refractivity contribution in [2.75, 3.05) is 26.4 Å². The number of hydrogen-bond acceptors (Lipinski definition) is 4. The molecule has 4 rings (SSSR count). The van der Waals surface area contributed by atoms with E-state index in [1.165, 1.54) is 11.1 Å². The van der Waals surface area contributed by atoms with Crippen LogP contribution in [0, 0.1) is 0 Å². The van der Waals surface area contributed by atoms with Crippen LogP contribution in [0.4, 0.5) is 0 Å². The van der Waals surface area contributed by atoms with Crippen molar-refractivity contribution in [1.82, 2.24) is 0 Å². The van der Waals surface area contributed by atoms with Crippen LogP contribution in [-0.4, -0.2) is 36.6 Å². The first-order chi connectivity index (χ1) is 12.1. The standard InChI is InChI=1S/C20H23BrO4/c1-20-6-5-12(11-20)15-17(20)18(24-9-7-22)13-3-2-4-14(21)16(13)19(15)25-10-8-23/h2-4,12,22-23H,5-11H2,1H3. The number of benzene rings is 2. The van der Waals surface area contributed by atoms with Crippen LogP contribution in [0.1, 0.15) is 43.2 Å². The second-order valence-electron chi connectivity index (χ2n) is 7.25. The average Bonchev–Trinajstić information content (AvgIpc) is 3.13. The van der Waals surface area contributed by atoms with E-state index in [1.54, 1.807) is 0 Å². The lowest BCUT2D eigenvalue weighted by molar-refractivity contribution is 0.197. The molecule has 4 nitrogen and oxygen atoms in total. The first-order valence-electron chi connectivity index (χ1n) is 8.86. The van der Waals surface area contributed by atoms with Gasteiger partial charge in [-0.3, -0.25) is 0 Å². The summed E-state index contributed by atoms with van der Waals surface area (Å²) in [7, 11) is 0. The van der Waals surface area contributed by atoms with E-state index in [-0.39, 0.29) is 31.8 Å². The van der Waals surface area contributed by atoms with E-state index in [1.807, 2.05) is 18.2 Å². The highest BCUT2D eigenvalue weighted by Crippen LogP contribution is 2.64. The molecule has 2 aromatic rings. The molecule has 0 amide bonds. The second-order valence-corrected chi connectivity index (χ2v) is 8.11. The van der Waals surface area contributed by atoms with Crippen LogP contribution < -0.4 is 9.47 Å². The fourth-order valence-corrected chi connectivity index (χ4v) is 5.29. The van der Waals surface area contributed by atoms with Crippen molar-refractivity contribution in [1.29, 1.82) is 0 Å². The molecule has 2 aromatic carbocycles. The summed E-state index contributed by atoms with van der Waals surface area (Å²) in [6, 6.07) is 6.05. The van der Waals surface area contributed by atoms with Crippen molar-refractivity contribution in [3.63, 3.8) is 0 Å².